The quantitative estimate of drug-likeness (QED) is 0.618. The SMILES string of the molecule is CC(C)(C)[S+]1CCC1c1ccccc1. The van der Waals surface area contributed by atoms with Crippen LogP contribution in [0.5, 0.6) is 0 Å². The first kappa shape index (κ1) is 10.1. The molecule has 1 aromatic rings. The van der Waals surface area contributed by atoms with E-state index in [1.165, 1.54) is 12.2 Å². The highest BCUT2D eigenvalue weighted by Gasteiger charge is 2.49. The summed E-state index contributed by atoms with van der Waals surface area (Å²) >= 11 is 0. The molecule has 0 saturated carbocycles. The molecule has 0 aliphatic carbocycles. The van der Waals surface area contributed by atoms with Gasteiger partial charge >= 0.3 is 0 Å². The largest absolute Gasteiger partial charge is 0.148 e. The summed E-state index contributed by atoms with van der Waals surface area (Å²) in [6, 6.07) is 11.0. The molecule has 0 aromatic heterocycles. The van der Waals surface area contributed by atoms with Crippen molar-refractivity contribution in [3.63, 3.8) is 0 Å². The van der Waals surface area contributed by atoms with E-state index in [4.69, 9.17) is 0 Å². The van der Waals surface area contributed by atoms with Crippen LogP contribution in [0.2, 0.25) is 0 Å². The summed E-state index contributed by atoms with van der Waals surface area (Å²) < 4.78 is 0.499. The summed E-state index contributed by atoms with van der Waals surface area (Å²) in [5.74, 6) is 1.43. The van der Waals surface area contributed by atoms with Crippen LogP contribution in [0.15, 0.2) is 30.3 Å². The van der Waals surface area contributed by atoms with Gasteiger partial charge in [0, 0.05) is 22.9 Å². The van der Waals surface area contributed by atoms with Gasteiger partial charge in [-0.25, -0.2) is 0 Å². The molecule has 2 rings (SSSR count). The fraction of sp³-hybridized carbons (Fsp3) is 0.538. The Labute approximate surface area is 90.1 Å². The van der Waals surface area contributed by atoms with E-state index in [1.807, 2.05) is 0 Å². The Balaban J connectivity index is 2.15. The lowest BCUT2D eigenvalue weighted by Crippen LogP contribution is -2.43. The third kappa shape index (κ3) is 1.83. The van der Waals surface area contributed by atoms with E-state index in [9.17, 15) is 0 Å². The third-order valence-electron chi connectivity index (χ3n) is 2.90. The first-order chi connectivity index (χ1) is 6.59. The van der Waals surface area contributed by atoms with Gasteiger partial charge in [0.25, 0.3) is 0 Å². The van der Waals surface area contributed by atoms with Crippen LogP contribution in [0.1, 0.15) is 38.0 Å². The lowest BCUT2D eigenvalue weighted by molar-refractivity contribution is 0.719. The van der Waals surface area contributed by atoms with Gasteiger partial charge in [-0.1, -0.05) is 30.3 Å². The maximum Gasteiger partial charge on any atom is 0.148 e. The zero-order valence-electron chi connectivity index (χ0n) is 9.29. The molecule has 1 aromatic carbocycles. The molecule has 2 unspecified atom stereocenters. The molecule has 76 valence electrons. The summed E-state index contributed by atoms with van der Waals surface area (Å²) in [6.07, 6.45) is 1.39. The summed E-state index contributed by atoms with van der Waals surface area (Å²) in [6.45, 7) is 7.14. The minimum absolute atomic E-state index is 0.499. The van der Waals surface area contributed by atoms with Gasteiger partial charge in [-0.15, -0.1) is 0 Å². The van der Waals surface area contributed by atoms with Crippen molar-refractivity contribution in [3.8, 4) is 0 Å². The van der Waals surface area contributed by atoms with Gasteiger partial charge in [0.05, 0.1) is 0 Å². The highest BCUT2D eigenvalue weighted by Crippen LogP contribution is 2.44. The van der Waals surface area contributed by atoms with Crippen LogP contribution < -0.4 is 0 Å². The first-order valence-electron chi connectivity index (χ1n) is 5.34. The topological polar surface area (TPSA) is 0 Å². The summed E-state index contributed by atoms with van der Waals surface area (Å²) in [7, 11) is 0.597. The number of benzene rings is 1. The van der Waals surface area contributed by atoms with E-state index >= 15 is 0 Å². The van der Waals surface area contributed by atoms with Gasteiger partial charge < -0.3 is 0 Å². The monoisotopic (exact) mass is 207 g/mol. The minimum Gasteiger partial charge on any atom is -0.0622 e. The van der Waals surface area contributed by atoms with Crippen molar-refractivity contribution in [1.82, 2.24) is 0 Å². The molecule has 1 aliphatic heterocycles. The van der Waals surface area contributed by atoms with Crippen LogP contribution in [0.4, 0.5) is 0 Å². The standard InChI is InChI=1S/C13H19S/c1-13(2,3)14-10-9-12(14)11-7-5-4-6-8-11/h4-8,12H,9-10H2,1-3H3/q+1. The highest BCUT2D eigenvalue weighted by atomic mass is 32.2. The lowest BCUT2D eigenvalue weighted by Gasteiger charge is -2.35. The Morgan fingerprint density at radius 3 is 2.21 bits per heavy atom. The van der Waals surface area contributed by atoms with Crippen molar-refractivity contribution in [2.45, 2.75) is 37.2 Å². The molecule has 1 heterocycles. The molecule has 1 fully saturated rings. The Morgan fingerprint density at radius 2 is 1.79 bits per heavy atom. The molecule has 1 heteroatoms. The van der Waals surface area contributed by atoms with Gasteiger partial charge in [0.2, 0.25) is 0 Å². The summed E-state index contributed by atoms with van der Waals surface area (Å²) in [5, 5.41) is 0.844. The Kier molecular flexibility index (Phi) is 2.61. The second kappa shape index (κ2) is 3.62. The number of hydrogen-bond acceptors (Lipinski definition) is 0. The van der Waals surface area contributed by atoms with E-state index in [2.05, 4.69) is 51.1 Å². The van der Waals surface area contributed by atoms with Gasteiger partial charge in [-0.2, -0.15) is 0 Å². The van der Waals surface area contributed by atoms with Gasteiger partial charge in [0.15, 0.2) is 0 Å². The minimum atomic E-state index is 0.499. The van der Waals surface area contributed by atoms with Gasteiger partial charge in [0.1, 0.15) is 15.7 Å². The van der Waals surface area contributed by atoms with E-state index < -0.39 is 0 Å². The Bertz CT molecular complexity index is 297. The van der Waals surface area contributed by atoms with Gasteiger partial charge in [-0.3, -0.25) is 0 Å². The van der Waals surface area contributed by atoms with Crippen LogP contribution in [0.25, 0.3) is 0 Å². The summed E-state index contributed by atoms with van der Waals surface area (Å²) in [5.41, 5.74) is 1.55. The van der Waals surface area contributed by atoms with E-state index in [-0.39, 0.29) is 0 Å². The Hall–Kier alpha value is -0.430. The highest BCUT2D eigenvalue weighted by molar-refractivity contribution is 7.99. The average molecular weight is 207 g/mol. The first-order valence-corrected chi connectivity index (χ1v) is 6.79. The fourth-order valence-corrected chi connectivity index (χ4v) is 4.74. The van der Waals surface area contributed by atoms with E-state index in [0.717, 1.165) is 5.25 Å². The molecule has 0 N–H and O–H groups in total. The zero-order chi connectivity index (χ0) is 10.2. The third-order valence-corrected chi connectivity index (χ3v) is 6.34. The van der Waals surface area contributed by atoms with Crippen molar-refractivity contribution in [2.75, 3.05) is 5.75 Å². The molecule has 1 saturated heterocycles. The normalized spacial score (nSPS) is 27.1. The molecule has 2 atom stereocenters. The molecule has 1 aliphatic rings. The van der Waals surface area contributed by atoms with E-state index in [0.29, 0.717) is 15.6 Å². The van der Waals surface area contributed by atoms with Crippen molar-refractivity contribution >= 4 is 10.9 Å². The van der Waals surface area contributed by atoms with Crippen LogP contribution in [0, 0.1) is 0 Å². The van der Waals surface area contributed by atoms with Crippen molar-refractivity contribution in [2.24, 2.45) is 0 Å². The summed E-state index contributed by atoms with van der Waals surface area (Å²) in [4.78, 5) is 0. The molecule has 0 amide bonds. The number of hydrogen-bond donors (Lipinski definition) is 0. The molecule has 0 nitrogen and oxygen atoms in total. The van der Waals surface area contributed by atoms with Crippen LogP contribution in [-0.2, 0) is 10.9 Å². The van der Waals surface area contributed by atoms with E-state index in [1.54, 1.807) is 5.56 Å². The second-order valence-electron chi connectivity index (χ2n) is 4.93. The smallest absolute Gasteiger partial charge is 0.0622 e. The second-order valence-corrected chi connectivity index (χ2v) is 7.99. The van der Waals surface area contributed by atoms with Crippen molar-refractivity contribution in [3.05, 3.63) is 35.9 Å². The molecule has 0 radical (unpaired) electrons. The van der Waals surface area contributed by atoms with Crippen LogP contribution in [0.3, 0.4) is 0 Å². The molecule has 14 heavy (non-hydrogen) atoms. The predicted molar refractivity (Wildman–Crippen MR) is 65.8 cm³/mol. The fourth-order valence-electron chi connectivity index (χ4n) is 2.09. The molecular weight excluding hydrogens is 188 g/mol. The zero-order valence-corrected chi connectivity index (χ0v) is 10.1. The molecule has 0 spiro atoms. The number of rotatable bonds is 1. The van der Waals surface area contributed by atoms with Crippen molar-refractivity contribution in [1.29, 1.82) is 0 Å². The Morgan fingerprint density at radius 1 is 1.14 bits per heavy atom. The molecule has 0 bridgehead atoms. The average Bonchev–Trinajstić information content (AvgIpc) is 2.00. The molecular formula is C13H19S+. The maximum absolute atomic E-state index is 2.38. The maximum atomic E-state index is 2.38. The lowest BCUT2D eigenvalue weighted by atomic mass is 10.1. The van der Waals surface area contributed by atoms with Crippen LogP contribution in [-0.4, -0.2) is 10.5 Å². The van der Waals surface area contributed by atoms with Crippen molar-refractivity contribution < 1.29 is 0 Å². The van der Waals surface area contributed by atoms with Crippen LogP contribution >= 0.6 is 0 Å². The van der Waals surface area contributed by atoms with Gasteiger partial charge in [-0.05, 0) is 20.8 Å². The predicted octanol–water partition coefficient (Wildman–Crippen LogP) is 3.55.